The molecule has 1 atom stereocenters. The minimum Gasteiger partial charge on any atom is -0.395 e. The van der Waals surface area contributed by atoms with Crippen molar-refractivity contribution in [3.05, 3.63) is 29.3 Å². The molecule has 0 saturated carbocycles. The Morgan fingerprint density at radius 2 is 2.05 bits per heavy atom. The third-order valence-electron chi connectivity index (χ3n) is 3.22. The summed E-state index contributed by atoms with van der Waals surface area (Å²) >= 11 is 0. The Balaban J connectivity index is 2.18. The fourth-order valence-corrected chi connectivity index (χ4v) is 3.18. The number of hydrogen-bond acceptors (Lipinski definition) is 4. The quantitative estimate of drug-likeness (QED) is 0.755. The van der Waals surface area contributed by atoms with Gasteiger partial charge in [-0.15, -0.1) is 0 Å². The Morgan fingerprint density at radius 3 is 2.67 bits per heavy atom. The minimum absolute atomic E-state index is 0.0351. The molecule has 1 unspecified atom stereocenters. The smallest absolute Gasteiger partial charge is 0.395 e. The van der Waals surface area contributed by atoms with Crippen molar-refractivity contribution in [2.75, 3.05) is 13.2 Å². The van der Waals surface area contributed by atoms with Crippen molar-refractivity contribution in [2.24, 2.45) is 0 Å². The van der Waals surface area contributed by atoms with Gasteiger partial charge in [-0.2, -0.15) is 13.2 Å². The van der Waals surface area contributed by atoms with Gasteiger partial charge in [0.05, 0.1) is 11.5 Å². The number of nitrogens with one attached hydrogen (secondary N) is 2. The molecule has 0 aliphatic carbocycles. The van der Waals surface area contributed by atoms with Crippen LogP contribution in [0.15, 0.2) is 23.1 Å². The highest BCUT2D eigenvalue weighted by molar-refractivity contribution is 7.89. The summed E-state index contributed by atoms with van der Waals surface area (Å²) in [6, 6.07) is 4.11. The lowest BCUT2D eigenvalue weighted by molar-refractivity contribution is -0.121. The number of rotatable bonds is 4. The average Bonchev–Trinajstić information content (AvgIpc) is 2.43. The number of hydrogen-bond donors (Lipinski definition) is 3. The van der Waals surface area contributed by atoms with E-state index in [2.05, 4.69) is 5.32 Å². The van der Waals surface area contributed by atoms with Crippen LogP contribution in [-0.2, 0) is 23.0 Å². The second-order valence-corrected chi connectivity index (χ2v) is 6.60. The van der Waals surface area contributed by atoms with E-state index >= 15 is 0 Å². The zero-order valence-electron chi connectivity index (χ0n) is 10.9. The molecule has 0 saturated heterocycles. The van der Waals surface area contributed by atoms with Crippen LogP contribution in [0.4, 0.5) is 13.2 Å². The molecule has 0 radical (unpaired) electrons. The van der Waals surface area contributed by atoms with Gasteiger partial charge in [0.1, 0.15) is 6.54 Å². The lowest BCUT2D eigenvalue weighted by atomic mass is 9.96. The van der Waals surface area contributed by atoms with E-state index in [0.717, 1.165) is 5.56 Å². The molecule has 21 heavy (non-hydrogen) atoms. The van der Waals surface area contributed by atoms with Crippen LogP contribution < -0.4 is 10.0 Å². The maximum atomic E-state index is 12.1. The minimum atomic E-state index is -4.60. The SMILES string of the molecule is O=S(=O)(NCC(F)(F)F)c1ccc2c(c1)CNC(CO)C2. The van der Waals surface area contributed by atoms with Crippen LogP contribution in [0.3, 0.4) is 0 Å². The number of aliphatic hydroxyl groups excluding tert-OH is 1. The van der Waals surface area contributed by atoms with Crippen molar-refractivity contribution in [1.29, 1.82) is 0 Å². The molecule has 3 N–H and O–H groups in total. The first-order valence-corrected chi connectivity index (χ1v) is 7.72. The molecule has 1 aliphatic heterocycles. The first-order valence-electron chi connectivity index (χ1n) is 6.24. The van der Waals surface area contributed by atoms with E-state index in [-0.39, 0.29) is 17.5 Å². The summed E-state index contributed by atoms with van der Waals surface area (Å²) in [5, 5.41) is 12.1. The van der Waals surface area contributed by atoms with E-state index in [1.165, 1.54) is 16.9 Å². The van der Waals surface area contributed by atoms with Gasteiger partial charge in [-0.25, -0.2) is 13.1 Å². The van der Waals surface area contributed by atoms with Gasteiger partial charge in [0, 0.05) is 12.6 Å². The Kier molecular flexibility index (Phi) is 4.57. The maximum absolute atomic E-state index is 12.1. The van der Waals surface area contributed by atoms with Crippen molar-refractivity contribution in [3.8, 4) is 0 Å². The zero-order valence-corrected chi connectivity index (χ0v) is 11.8. The van der Waals surface area contributed by atoms with Gasteiger partial charge in [-0.1, -0.05) is 6.07 Å². The lowest BCUT2D eigenvalue weighted by Gasteiger charge is -2.25. The normalized spacial score (nSPS) is 19.3. The van der Waals surface area contributed by atoms with Gasteiger partial charge in [-0.3, -0.25) is 0 Å². The predicted octanol–water partition coefficient (Wildman–Crippen LogP) is 0.534. The molecule has 1 aliphatic rings. The molecule has 9 heteroatoms. The molecule has 0 spiro atoms. The molecule has 1 aromatic rings. The molecule has 0 aromatic heterocycles. The number of fused-ring (bicyclic) bond motifs is 1. The zero-order chi connectivity index (χ0) is 15.7. The Labute approximate surface area is 120 Å². The molecule has 0 fully saturated rings. The Morgan fingerprint density at radius 1 is 1.33 bits per heavy atom. The number of sulfonamides is 1. The topological polar surface area (TPSA) is 78.4 Å². The summed E-state index contributed by atoms with van der Waals surface area (Å²) in [5.74, 6) is 0. The van der Waals surface area contributed by atoms with E-state index in [4.69, 9.17) is 5.11 Å². The molecule has 0 amide bonds. The van der Waals surface area contributed by atoms with E-state index in [1.54, 1.807) is 6.07 Å². The van der Waals surface area contributed by atoms with Gasteiger partial charge in [0.2, 0.25) is 10.0 Å². The first-order chi connectivity index (χ1) is 9.71. The van der Waals surface area contributed by atoms with Crippen molar-refractivity contribution < 1.29 is 26.7 Å². The van der Waals surface area contributed by atoms with Crippen LogP contribution in [0.1, 0.15) is 11.1 Å². The highest BCUT2D eigenvalue weighted by atomic mass is 32.2. The number of halogens is 3. The van der Waals surface area contributed by atoms with Crippen LogP contribution in [0.5, 0.6) is 0 Å². The van der Waals surface area contributed by atoms with Crippen LogP contribution in [0.2, 0.25) is 0 Å². The predicted molar refractivity (Wildman–Crippen MR) is 69.1 cm³/mol. The fraction of sp³-hybridized carbons (Fsp3) is 0.500. The van der Waals surface area contributed by atoms with Gasteiger partial charge < -0.3 is 10.4 Å². The second-order valence-electron chi connectivity index (χ2n) is 4.83. The monoisotopic (exact) mass is 324 g/mol. The van der Waals surface area contributed by atoms with Crippen LogP contribution >= 0.6 is 0 Å². The number of benzene rings is 1. The lowest BCUT2D eigenvalue weighted by Crippen LogP contribution is -2.38. The molecular weight excluding hydrogens is 309 g/mol. The first kappa shape index (κ1) is 16.2. The Hall–Kier alpha value is -1.16. The highest BCUT2D eigenvalue weighted by Crippen LogP contribution is 2.21. The van der Waals surface area contributed by atoms with Gasteiger partial charge in [0.15, 0.2) is 0 Å². The molecular formula is C12H15F3N2O3S. The maximum Gasteiger partial charge on any atom is 0.402 e. The standard InChI is InChI=1S/C12H15F3N2O3S/c13-12(14,15)7-17-21(19,20)11-2-1-8-3-10(6-18)16-5-9(8)4-11/h1-2,4,10,16-18H,3,5-7H2. The second kappa shape index (κ2) is 5.91. The Bertz CT molecular complexity index is 617. The van der Waals surface area contributed by atoms with Gasteiger partial charge in [0.25, 0.3) is 0 Å². The van der Waals surface area contributed by atoms with Gasteiger partial charge >= 0.3 is 6.18 Å². The van der Waals surface area contributed by atoms with Crippen molar-refractivity contribution >= 4 is 10.0 Å². The average molecular weight is 324 g/mol. The molecule has 1 heterocycles. The number of alkyl halides is 3. The number of aliphatic hydroxyl groups is 1. The molecule has 5 nitrogen and oxygen atoms in total. The third kappa shape index (κ3) is 4.16. The molecule has 118 valence electrons. The largest absolute Gasteiger partial charge is 0.402 e. The van der Waals surface area contributed by atoms with E-state index in [9.17, 15) is 21.6 Å². The van der Waals surface area contributed by atoms with Crippen molar-refractivity contribution in [1.82, 2.24) is 10.0 Å². The molecule has 2 rings (SSSR count). The van der Waals surface area contributed by atoms with Crippen LogP contribution in [0.25, 0.3) is 0 Å². The summed E-state index contributed by atoms with van der Waals surface area (Å²) in [4.78, 5) is -0.199. The summed E-state index contributed by atoms with van der Waals surface area (Å²) < 4.78 is 61.4. The van der Waals surface area contributed by atoms with Crippen LogP contribution in [-0.4, -0.2) is 38.9 Å². The highest BCUT2D eigenvalue weighted by Gasteiger charge is 2.30. The van der Waals surface area contributed by atoms with E-state index < -0.39 is 22.7 Å². The fourth-order valence-electron chi connectivity index (χ4n) is 2.11. The summed E-state index contributed by atoms with van der Waals surface area (Å²) in [6.45, 7) is -1.27. The van der Waals surface area contributed by atoms with Gasteiger partial charge in [-0.05, 0) is 29.7 Å². The van der Waals surface area contributed by atoms with Crippen LogP contribution in [0, 0.1) is 0 Å². The molecule has 1 aromatic carbocycles. The summed E-state index contributed by atoms with van der Waals surface area (Å²) in [7, 11) is -4.19. The van der Waals surface area contributed by atoms with E-state index in [1.807, 2.05) is 0 Å². The van der Waals surface area contributed by atoms with Crippen molar-refractivity contribution in [2.45, 2.75) is 30.1 Å². The molecule has 0 bridgehead atoms. The summed E-state index contributed by atoms with van der Waals surface area (Å²) in [6.07, 6.45) is -4.06. The van der Waals surface area contributed by atoms with Crippen molar-refractivity contribution in [3.63, 3.8) is 0 Å². The van der Waals surface area contributed by atoms with E-state index in [0.29, 0.717) is 18.5 Å². The third-order valence-corrected chi connectivity index (χ3v) is 4.62. The summed E-state index contributed by atoms with van der Waals surface area (Å²) in [5.41, 5.74) is 1.58.